The minimum absolute atomic E-state index is 0.169. The third-order valence-electron chi connectivity index (χ3n) is 5.61. The van der Waals surface area contributed by atoms with E-state index in [1.54, 1.807) is 10.8 Å². The van der Waals surface area contributed by atoms with Gasteiger partial charge in [0.15, 0.2) is 0 Å². The molecule has 0 fully saturated rings. The van der Waals surface area contributed by atoms with Gasteiger partial charge in [-0.2, -0.15) is 26.3 Å². The Morgan fingerprint density at radius 3 is 2.16 bits per heavy atom. The first-order valence-electron chi connectivity index (χ1n) is 9.36. The van der Waals surface area contributed by atoms with Crippen molar-refractivity contribution in [2.45, 2.75) is 31.4 Å². The predicted octanol–water partition coefficient (Wildman–Crippen LogP) is 6.46. The van der Waals surface area contributed by atoms with E-state index in [9.17, 15) is 31.4 Å². The maximum atomic E-state index is 13.2. The fourth-order valence-electron chi connectivity index (χ4n) is 3.88. The molecule has 0 aliphatic carbocycles. The van der Waals surface area contributed by atoms with Crippen molar-refractivity contribution in [3.8, 4) is 0 Å². The molecular weight excluding hydrogens is 420 g/mol. The number of rotatable bonds is 3. The number of hydrogen-bond donors (Lipinski definition) is 1. The summed E-state index contributed by atoms with van der Waals surface area (Å²) >= 11 is 0. The Bertz CT molecular complexity index is 1250. The lowest BCUT2D eigenvalue weighted by molar-refractivity contribution is -0.376. The average molecular weight is 437 g/mol. The largest absolute Gasteiger partial charge is 0.430 e. The molecule has 4 aromatic rings. The third kappa shape index (κ3) is 3.35. The molecule has 0 aliphatic rings. The fraction of sp³-hybridized carbons (Fsp3) is 0.217. The van der Waals surface area contributed by atoms with E-state index >= 15 is 0 Å². The van der Waals surface area contributed by atoms with Crippen LogP contribution in [0.25, 0.3) is 21.7 Å². The van der Waals surface area contributed by atoms with Gasteiger partial charge in [-0.3, -0.25) is 0 Å². The SMILES string of the molecule is Cc1ccc2ccccc2c1Cn1ccc2cc(C(O)(C(F)(F)F)C(F)(F)F)ccc21. The molecule has 31 heavy (non-hydrogen) atoms. The number of nitrogens with zero attached hydrogens (tertiary/aromatic N) is 1. The van der Waals surface area contributed by atoms with E-state index < -0.39 is 23.5 Å². The van der Waals surface area contributed by atoms with Crippen LogP contribution in [0.2, 0.25) is 0 Å². The quantitative estimate of drug-likeness (QED) is 0.366. The number of hydrogen-bond acceptors (Lipinski definition) is 1. The molecule has 1 N–H and O–H groups in total. The van der Waals surface area contributed by atoms with Crippen LogP contribution in [0.4, 0.5) is 26.3 Å². The van der Waals surface area contributed by atoms with Gasteiger partial charge in [-0.25, -0.2) is 0 Å². The Balaban J connectivity index is 1.80. The number of benzene rings is 3. The Labute approximate surface area is 173 Å². The van der Waals surface area contributed by atoms with Gasteiger partial charge in [0.2, 0.25) is 0 Å². The highest BCUT2D eigenvalue weighted by Crippen LogP contribution is 2.50. The van der Waals surface area contributed by atoms with Crippen molar-refractivity contribution in [2.24, 2.45) is 0 Å². The zero-order chi connectivity index (χ0) is 22.6. The summed E-state index contributed by atoms with van der Waals surface area (Å²) in [6, 6.07) is 15.7. The Kier molecular flexibility index (Phi) is 4.81. The highest BCUT2D eigenvalue weighted by Gasteiger charge is 2.71. The first kappa shape index (κ1) is 21.2. The number of halogens is 6. The van der Waals surface area contributed by atoms with Crippen molar-refractivity contribution in [1.29, 1.82) is 0 Å². The van der Waals surface area contributed by atoms with Gasteiger partial charge in [-0.15, -0.1) is 0 Å². The van der Waals surface area contributed by atoms with Crippen molar-refractivity contribution in [3.63, 3.8) is 0 Å². The molecule has 0 aliphatic heterocycles. The second-order valence-electron chi connectivity index (χ2n) is 7.51. The number of alkyl halides is 6. The first-order valence-corrected chi connectivity index (χ1v) is 9.36. The second-order valence-corrected chi connectivity index (χ2v) is 7.51. The Morgan fingerprint density at radius 2 is 1.48 bits per heavy atom. The molecule has 2 nitrogen and oxygen atoms in total. The molecule has 4 rings (SSSR count). The number of fused-ring (bicyclic) bond motifs is 2. The van der Waals surface area contributed by atoms with Crippen LogP contribution in [-0.2, 0) is 12.1 Å². The lowest BCUT2D eigenvalue weighted by atomic mass is 9.91. The van der Waals surface area contributed by atoms with Crippen molar-refractivity contribution in [1.82, 2.24) is 4.57 Å². The zero-order valence-electron chi connectivity index (χ0n) is 16.2. The summed E-state index contributed by atoms with van der Waals surface area (Å²) < 4.78 is 80.9. The molecule has 8 heteroatoms. The first-order chi connectivity index (χ1) is 14.4. The van der Waals surface area contributed by atoms with Gasteiger partial charge in [-0.1, -0.05) is 42.5 Å². The van der Waals surface area contributed by atoms with Gasteiger partial charge in [0.1, 0.15) is 0 Å². The van der Waals surface area contributed by atoms with Crippen molar-refractivity contribution in [3.05, 3.63) is 83.6 Å². The van der Waals surface area contributed by atoms with Crippen molar-refractivity contribution < 1.29 is 31.4 Å². The van der Waals surface area contributed by atoms with Crippen LogP contribution < -0.4 is 0 Å². The molecule has 0 unspecified atom stereocenters. The summed E-state index contributed by atoms with van der Waals surface area (Å²) in [5.41, 5.74) is -3.73. The van der Waals surface area contributed by atoms with E-state index in [1.807, 2.05) is 43.3 Å². The van der Waals surface area contributed by atoms with Gasteiger partial charge in [-0.05, 0) is 52.4 Å². The molecule has 0 radical (unpaired) electrons. The average Bonchev–Trinajstić information content (AvgIpc) is 3.10. The summed E-state index contributed by atoms with van der Waals surface area (Å²) in [6.45, 7) is 2.33. The molecule has 0 spiro atoms. The van der Waals surface area contributed by atoms with Crippen LogP contribution in [-0.4, -0.2) is 22.0 Å². The monoisotopic (exact) mass is 437 g/mol. The molecule has 1 heterocycles. The normalized spacial score (nSPS) is 13.3. The van der Waals surface area contributed by atoms with E-state index in [2.05, 4.69) is 0 Å². The Morgan fingerprint density at radius 1 is 0.806 bits per heavy atom. The summed E-state index contributed by atoms with van der Waals surface area (Å²) in [5.74, 6) is 0. The van der Waals surface area contributed by atoms with Crippen LogP contribution >= 0.6 is 0 Å². The maximum absolute atomic E-state index is 13.2. The minimum Gasteiger partial charge on any atom is -0.369 e. The van der Waals surface area contributed by atoms with Crippen LogP contribution in [0, 0.1) is 6.92 Å². The topological polar surface area (TPSA) is 25.2 Å². The van der Waals surface area contributed by atoms with Crippen LogP contribution in [0.15, 0.2) is 66.9 Å². The van der Waals surface area contributed by atoms with Crippen LogP contribution in [0.3, 0.4) is 0 Å². The van der Waals surface area contributed by atoms with E-state index in [-0.39, 0.29) is 5.39 Å². The summed E-state index contributed by atoms with van der Waals surface area (Å²) in [6.07, 6.45) is -10.2. The Hall–Kier alpha value is -3.00. The molecule has 0 saturated carbocycles. The number of aromatic nitrogens is 1. The van der Waals surface area contributed by atoms with E-state index in [4.69, 9.17) is 0 Å². The fourth-order valence-corrected chi connectivity index (χ4v) is 3.88. The van der Waals surface area contributed by atoms with Crippen molar-refractivity contribution in [2.75, 3.05) is 0 Å². The second kappa shape index (κ2) is 7.02. The van der Waals surface area contributed by atoms with Crippen LogP contribution in [0.1, 0.15) is 16.7 Å². The van der Waals surface area contributed by atoms with E-state index in [1.165, 1.54) is 12.1 Å². The minimum atomic E-state index is -5.92. The predicted molar refractivity (Wildman–Crippen MR) is 106 cm³/mol. The highest BCUT2D eigenvalue weighted by molar-refractivity contribution is 5.87. The van der Waals surface area contributed by atoms with E-state index in [0.29, 0.717) is 18.1 Å². The van der Waals surface area contributed by atoms with Gasteiger partial charge in [0, 0.05) is 23.8 Å². The molecule has 0 atom stereocenters. The van der Waals surface area contributed by atoms with Gasteiger partial charge < -0.3 is 9.67 Å². The van der Waals surface area contributed by atoms with Gasteiger partial charge >= 0.3 is 12.4 Å². The molecule has 0 saturated heterocycles. The number of aryl methyl sites for hydroxylation is 1. The summed E-state index contributed by atoms with van der Waals surface area (Å²) in [5, 5.41) is 11.9. The lowest BCUT2D eigenvalue weighted by Crippen LogP contribution is -2.53. The van der Waals surface area contributed by atoms with Crippen LogP contribution in [0.5, 0.6) is 0 Å². The molecule has 0 bridgehead atoms. The molecule has 1 aromatic heterocycles. The lowest BCUT2D eigenvalue weighted by Gasteiger charge is -2.32. The molecule has 0 amide bonds. The highest BCUT2D eigenvalue weighted by atomic mass is 19.4. The molecule has 162 valence electrons. The molecular formula is C23H17F6NO. The summed E-state index contributed by atoms with van der Waals surface area (Å²) in [4.78, 5) is 0. The third-order valence-corrected chi connectivity index (χ3v) is 5.61. The summed E-state index contributed by atoms with van der Waals surface area (Å²) in [7, 11) is 0. The van der Waals surface area contributed by atoms with Gasteiger partial charge in [0.25, 0.3) is 5.60 Å². The van der Waals surface area contributed by atoms with Gasteiger partial charge in [0.05, 0.1) is 0 Å². The zero-order valence-corrected chi connectivity index (χ0v) is 16.2. The number of aliphatic hydroxyl groups is 1. The maximum Gasteiger partial charge on any atom is 0.430 e. The van der Waals surface area contributed by atoms with Crippen molar-refractivity contribution >= 4 is 21.7 Å². The standard InChI is InChI=1S/C23H17F6NO/c1-14-6-7-15-4-2-3-5-18(15)19(14)13-30-11-10-16-12-17(8-9-20(16)30)21(31,22(24,25)26)23(27,28)29/h2-12,31H,13H2,1H3. The molecule has 3 aromatic carbocycles. The van der Waals surface area contributed by atoms with E-state index in [0.717, 1.165) is 28.0 Å². The smallest absolute Gasteiger partial charge is 0.369 e.